The predicted octanol–water partition coefficient (Wildman–Crippen LogP) is 0.989. The quantitative estimate of drug-likeness (QED) is 0.787. The monoisotopic (exact) mass is 345 g/mol. The molecule has 0 radical (unpaired) electrons. The highest BCUT2D eigenvalue weighted by molar-refractivity contribution is 9.10. The Hall–Kier alpha value is -0.930. The zero-order valence-electron chi connectivity index (χ0n) is 11.1. The van der Waals surface area contributed by atoms with Gasteiger partial charge in [-0.3, -0.25) is 4.68 Å². The minimum absolute atomic E-state index is 0.761. The van der Waals surface area contributed by atoms with Gasteiger partial charge in [-0.2, -0.15) is 5.10 Å². The lowest BCUT2D eigenvalue weighted by Crippen LogP contribution is -2.16. The standard InChI is InChI=1S/C10H16BrN7S/c1-7-9(11)8(17(3)14-7)6-19-10-13-15-16-18(10)5-4-12-2/h12H,4-6H2,1-3H3. The summed E-state index contributed by atoms with van der Waals surface area (Å²) in [5, 5.41) is 20.0. The highest BCUT2D eigenvalue weighted by atomic mass is 79.9. The average molecular weight is 346 g/mol. The summed E-state index contributed by atoms with van der Waals surface area (Å²) >= 11 is 5.17. The van der Waals surface area contributed by atoms with Crippen LogP contribution < -0.4 is 5.32 Å². The van der Waals surface area contributed by atoms with E-state index in [1.54, 1.807) is 16.4 Å². The van der Waals surface area contributed by atoms with Gasteiger partial charge in [0.2, 0.25) is 5.16 Å². The van der Waals surface area contributed by atoms with Gasteiger partial charge in [0.05, 0.1) is 22.4 Å². The van der Waals surface area contributed by atoms with Crippen molar-refractivity contribution in [2.45, 2.75) is 24.4 Å². The fourth-order valence-electron chi connectivity index (χ4n) is 1.63. The topological polar surface area (TPSA) is 73.5 Å². The van der Waals surface area contributed by atoms with E-state index in [-0.39, 0.29) is 0 Å². The van der Waals surface area contributed by atoms with Gasteiger partial charge in [0.15, 0.2) is 0 Å². The zero-order chi connectivity index (χ0) is 13.8. The first-order valence-electron chi connectivity index (χ1n) is 5.85. The third-order valence-corrected chi connectivity index (χ3v) is 4.67. The van der Waals surface area contributed by atoms with Gasteiger partial charge in [0, 0.05) is 19.3 Å². The molecule has 2 rings (SSSR count). The van der Waals surface area contributed by atoms with Crippen molar-refractivity contribution in [3.8, 4) is 0 Å². The molecule has 0 fully saturated rings. The van der Waals surface area contributed by atoms with Crippen LogP contribution in [0.5, 0.6) is 0 Å². The molecule has 0 saturated carbocycles. The number of hydrogen-bond acceptors (Lipinski definition) is 6. The fourth-order valence-corrected chi connectivity index (χ4v) is 3.26. The fraction of sp³-hybridized carbons (Fsp3) is 0.600. The van der Waals surface area contributed by atoms with Crippen LogP contribution in [-0.2, 0) is 19.3 Å². The number of aryl methyl sites for hydroxylation is 2. The molecule has 0 aromatic carbocycles. The van der Waals surface area contributed by atoms with Gasteiger partial charge in [0.25, 0.3) is 0 Å². The van der Waals surface area contributed by atoms with Crippen molar-refractivity contribution >= 4 is 27.7 Å². The van der Waals surface area contributed by atoms with Crippen LogP contribution in [0.1, 0.15) is 11.4 Å². The number of likely N-dealkylation sites (N-methyl/N-ethyl adjacent to an activating group) is 1. The van der Waals surface area contributed by atoms with Crippen LogP contribution >= 0.6 is 27.7 Å². The van der Waals surface area contributed by atoms with Crippen LogP contribution in [-0.4, -0.2) is 43.6 Å². The molecule has 0 atom stereocenters. The SMILES string of the molecule is CNCCn1nnnc1SCc1c(Br)c(C)nn1C. The second-order valence-corrected chi connectivity index (χ2v) is 5.78. The molecule has 19 heavy (non-hydrogen) atoms. The summed E-state index contributed by atoms with van der Waals surface area (Å²) in [5.41, 5.74) is 2.12. The maximum absolute atomic E-state index is 4.37. The summed E-state index contributed by atoms with van der Waals surface area (Å²) in [5.74, 6) is 0.776. The van der Waals surface area contributed by atoms with E-state index in [1.165, 1.54) is 0 Å². The number of rotatable bonds is 6. The third kappa shape index (κ3) is 3.34. The summed E-state index contributed by atoms with van der Waals surface area (Å²) in [7, 11) is 3.85. The molecule has 0 spiro atoms. The van der Waals surface area contributed by atoms with E-state index >= 15 is 0 Å². The molecule has 104 valence electrons. The van der Waals surface area contributed by atoms with Crippen LogP contribution in [0.15, 0.2) is 9.63 Å². The van der Waals surface area contributed by atoms with Crippen molar-refractivity contribution in [2.75, 3.05) is 13.6 Å². The first-order chi connectivity index (χ1) is 9.13. The number of tetrazole rings is 1. The van der Waals surface area contributed by atoms with Crippen LogP contribution in [0.25, 0.3) is 0 Å². The summed E-state index contributed by atoms with van der Waals surface area (Å²) in [6.45, 7) is 3.58. The molecule has 7 nitrogen and oxygen atoms in total. The average Bonchev–Trinajstić information content (AvgIpc) is 2.92. The lowest BCUT2D eigenvalue weighted by molar-refractivity contribution is 0.530. The number of nitrogens with zero attached hydrogens (tertiary/aromatic N) is 6. The van der Waals surface area contributed by atoms with E-state index in [2.05, 4.69) is 41.9 Å². The van der Waals surface area contributed by atoms with Crippen molar-refractivity contribution in [1.82, 2.24) is 35.3 Å². The van der Waals surface area contributed by atoms with Crippen LogP contribution in [0.4, 0.5) is 0 Å². The van der Waals surface area contributed by atoms with Gasteiger partial charge in [0.1, 0.15) is 0 Å². The second kappa shape index (κ2) is 6.49. The van der Waals surface area contributed by atoms with Gasteiger partial charge in [-0.1, -0.05) is 11.8 Å². The lowest BCUT2D eigenvalue weighted by atomic mass is 10.4. The molecular weight excluding hydrogens is 330 g/mol. The molecule has 1 N–H and O–H groups in total. The number of thioether (sulfide) groups is 1. The molecule has 0 unspecified atom stereocenters. The maximum Gasteiger partial charge on any atom is 0.209 e. The summed E-state index contributed by atoms with van der Waals surface area (Å²) in [6.07, 6.45) is 0. The Morgan fingerprint density at radius 3 is 2.84 bits per heavy atom. The summed E-state index contributed by atoms with van der Waals surface area (Å²) < 4.78 is 4.74. The third-order valence-electron chi connectivity index (χ3n) is 2.67. The number of nitrogens with one attached hydrogen (secondary N) is 1. The molecule has 0 aliphatic carbocycles. The summed E-state index contributed by atoms with van der Waals surface area (Å²) in [6, 6.07) is 0. The largest absolute Gasteiger partial charge is 0.318 e. The van der Waals surface area contributed by atoms with Crippen molar-refractivity contribution in [1.29, 1.82) is 0 Å². The molecule has 0 amide bonds. The molecule has 2 aromatic heterocycles. The Morgan fingerprint density at radius 1 is 1.42 bits per heavy atom. The van der Waals surface area contributed by atoms with Gasteiger partial charge in [-0.15, -0.1) is 5.10 Å². The van der Waals surface area contributed by atoms with E-state index in [1.807, 2.05) is 25.7 Å². The normalized spacial score (nSPS) is 11.2. The van der Waals surface area contributed by atoms with Gasteiger partial charge in [-0.25, -0.2) is 4.68 Å². The number of hydrogen-bond donors (Lipinski definition) is 1. The van der Waals surface area contributed by atoms with Gasteiger partial charge in [-0.05, 0) is 40.3 Å². The van der Waals surface area contributed by atoms with Crippen LogP contribution in [0.2, 0.25) is 0 Å². The number of aromatic nitrogens is 6. The second-order valence-electron chi connectivity index (χ2n) is 4.05. The first-order valence-corrected chi connectivity index (χ1v) is 7.63. The first kappa shape index (κ1) is 14.5. The lowest BCUT2D eigenvalue weighted by Gasteiger charge is -2.04. The zero-order valence-corrected chi connectivity index (χ0v) is 13.5. The molecule has 2 aromatic rings. The molecule has 0 aliphatic rings. The Balaban J connectivity index is 2.04. The molecule has 9 heteroatoms. The minimum Gasteiger partial charge on any atom is -0.318 e. The Kier molecular flexibility index (Phi) is 4.94. The van der Waals surface area contributed by atoms with E-state index in [9.17, 15) is 0 Å². The predicted molar refractivity (Wildman–Crippen MR) is 76.9 cm³/mol. The number of halogens is 1. The van der Waals surface area contributed by atoms with E-state index in [0.29, 0.717) is 0 Å². The van der Waals surface area contributed by atoms with Crippen LogP contribution in [0.3, 0.4) is 0 Å². The van der Waals surface area contributed by atoms with Gasteiger partial charge < -0.3 is 5.32 Å². The van der Waals surface area contributed by atoms with E-state index in [4.69, 9.17) is 0 Å². The summed E-state index contributed by atoms with van der Waals surface area (Å²) in [4.78, 5) is 0. The molecule has 0 aliphatic heterocycles. The molecule has 0 bridgehead atoms. The van der Waals surface area contributed by atoms with Crippen LogP contribution in [0, 0.1) is 6.92 Å². The molecular formula is C10H16BrN7S. The Morgan fingerprint density at radius 2 is 2.21 bits per heavy atom. The van der Waals surface area contributed by atoms with Gasteiger partial charge >= 0.3 is 0 Å². The highest BCUT2D eigenvalue weighted by Gasteiger charge is 2.13. The van der Waals surface area contributed by atoms with Crippen molar-refractivity contribution in [2.24, 2.45) is 7.05 Å². The van der Waals surface area contributed by atoms with Crippen molar-refractivity contribution in [3.63, 3.8) is 0 Å². The van der Waals surface area contributed by atoms with E-state index < -0.39 is 0 Å². The molecule has 2 heterocycles. The Bertz CT molecular complexity index is 550. The smallest absolute Gasteiger partial charge is 0.209 e. The van der Waals surface area contributed by atoms with E-state index in [0.717, 1.165) is 39.9 Å². The minimum atomic E-state index is 0.761. The highest BCUT2D eigenvalue weighted by Crippen LogP contribution is 2.27. The Labute approximate surface area is 124 Å². The molecule has 0 saturated heterocycles. The maximum atomic E-state index is 4.37. The van der Waals surface area contributed by atoms with Crippen molar-refractivity contribution < 1.29 is 0 Å². The van der Waals surface area contributed by atoms with Crippen molar-refractivity contribution in [3.05, 3.63) is 15.9 Å².